The van der Waals surface area contributed by atoms with Crippen LogP contribution in [0.3, 0.4) is 0 Å². The van der Waals surface area contributed by atoms with Gasteiger partial charge in [-0.1, -0.05) is 51.1 Å². The Morgan fingerprint density at radius 3 is 2.41 bits per heavy atom. The van der Waals surface area contributed by atoms with E-state index in [1.165, 1.54) is 30.0 Å². The summed E-state index contributed by atoms with van der Waals surface area (Å²) in [6.07, 6.45) is 3.54. The lowest BCUT2D eigenvalue weighted by Crippen LogP contribution is -3.28. The molecule has 1 aromatic carbocycles. The molecule has 3 atom stereocenters. The number of piperazine rings is 1. The molecule has 0 radical (unpaired) electrons. The monoisotopic (exact) mass is 376 g/mol. The van der Waals surface area contributed by atoms with Crippen molar-refractivity contribution in [2.75, 3.05) is 39.3 Å². The lowest BCUT2D eigenvalue weighted by molar-refractivity contribution is -1.02. The first-order valence-electron chi connectivity index (χ1n) is 10.9. The molecule has 152 valence electrons. The molecule has 1 aliphatic heterocycles. The fraction of sp³-hybridized carbons (Fsp3) is 0.739. The molecule has 0 aromatic heterocycles. The summed E-state index contributed by atoms with van der Waals surface area (Å²) in [5.74, 6) is 0.724. The smallest absolute Gasteiger partial charge is 0.127 e. The van der Waals surface area contributed by atoms with E-state index in [-0.39, 0.29) is 6.10 Å². The maximum absolute atomic E-state index is 10.5. The first-order chi connectivity index (χ1) is 12.9. The van der Waals surface area contributed by atoms with Crippen LogP contribution in [0, 0.1) is 11.3 Å². The molecule has 3 rings (SSSR count). The average molecular weight is 377 g/mol. The number of ether oxygens (including phenoxy) is 1. The Bertz CT molecular complexity index is 555. The van der Waals surface area contributed by atoms with Gasteiger partial charge in [0.2, 0.25) is 0 Å². The van der Waals surface area contributed by atoms with Crippen molar-refractivity contribution < 1.29 is 19.6 Å². The molecular formula is C23H40N2O2+2. The first kappa shape index (κ1) is 20.8. The van der Waals surface area contributed by atoms with Crippen LogP contribution in [0.25, 0.3) is 0 Å². The largest absolute Gasteiger partial charge is 0.385 e. The minimum atomic E-state index is -0.337. The number of hydrogen-bond donors (Lipinski definition) is 3. The highest BCUT2D eigenvalue weighted by atomic mass is 16.5. The predicted molar refractivity (Wildman–Crippen MR) is 109 cm³/mol. The molecule has 1 aromatic rings. The van der Waals surface area contributed by atoms with E-state index >= 15 is 0 Å². The fourth-order valence-corrected chi connectivity index (χ4v) is 5.25. The van der Waals surface area contributed by atoms with E-state index in [1.54, 1.807) is 4.90 Å². The van der Waals surface area contributed by atoms with Crippen molar-refractivity contribution >= 4 is 0 Å². The maximum Gasteiger partial charge on any atom is 0.127 e. The number of quaternary nitrogens is 2. The minimum absolute atomic E-state index is 0.320. The molecule has 1 saturated heterocycles. The summed E-state index contributed by atoms with van der Waals surface area (Å²) >= 11 is 0. The van der Waals surface area contributed by atoms with Crippen LogP contribution in [0.4, 0.5) is 0 Å². The SMILES string of the molecule is C[C@H]1C[C@H](OC[C@H](O)C[NH+]2CC[NH+](Cc3ccccc3)CC2)CC(C)(C)C1. The van der Waals surface area contributed by atoms with Crippen LogP contribution in [-0.2, 0) is 11.3 Å². The Balaban J connectivity index is 1.34. The van der Waals surface area contributed by atoms with Gasteiger partial charge in [-0.25, -0.2) is 0 Å². The Kier molecular flexibility index (Phi) is 7.32. The van der Waals surface area contributed by atoms with Crippen LogP contribution in [0.15, 0.2) is 30.3 Å². The highest BCUT2D eigenvalue weighted by molar-refractivity contribution is 5.13. The van der Waals surface area contributed by atoms with Crippen LogP contribution < -0.4 is 9.80 Å². The molecule has 2 fully saturated rings. The first-order valence-corrected chi connectivity index (χ1v) is 10.9. The summed E-state index contributed by atoms with van der Waals surface area (Å²) in [4.78, 5) is 3.19. The van der Waals surface area contributed by atoms with Crippen molar-refractivity contribution in [3.8, 4) is 0 Å². The van der Waals surface area contributed by atoms with Gasteiger partial charge in [-0.05, 0) is 30.6 Å². The van der Waals surface area contributed by atoms with E-state index in [9.17, 15) is 5.11 Å². The summed E-state index contributed by atoms with van der Waals surface area (Å²) in [6.45, 7) is 14.1. The molecule has 1 saturated carbocycles. The van der Waals surface area contributed by atoms with E-state index in [1.807, 2.05) is 0 Å². The van der Waals surface area contributed by atoms with Crippen molar-refractivity contribution in [1.82, 2.24) is 0 Å². The molecular weight excluding hydrogens is 336 g/mol. The number of aliphatic hydroxyl groups is 1. The summed E-state index contributed by atoms with van der Waals surface area (Å²) < 4.78 is 6.12. The normalized spacial score (nSPS) is 32.1. The van der Waals surface area contributed by atoms with Gasteiger partial charge in [0, 0.05) is 5.56 Å². The second kappa shape index (κ2) is 9.51. The lowest BCUT2D eigenvalue weighted by atomic mass is 9.71. The van der Waals surface area contributed by atoms with Crippen molar-refractivity contribution in [3.05, 3.63) is 35.9 Å². The number of nitrogens with one attached hydrogen (secondary N) is 2. The van der Waals surface area contributed by atoms with Gasteiger partial charge in [-0.3, -0.25) is 0 Å². The number of aliphatic hydroxyl groups excluding tert-OH is 1. The quantitative estimate of drug-likeness (QED) is 0.651. The predicted octanol–water partition coefficient (Wildman–Crippen LogP) is 0.562. The van der Waals surface area contributed by atoms with E-state index in [4.69, 9.17) is 4.74 Å². The van der Waals surface area contributed by atoms with Crippen molar-refractivity contribution in [3.63, 3.8) is 0 Å². The third-order valence-electron chi connectivity index (χ3n) is 6.36. The van der Waals surface area contributed by atoms with Gasteiger partial charge < -0.3 is 19.6 Å². The maximum atomic E-state index is 10.5. The van der Waals surface area contributed by atoms with Crippen LogP contribution in [0.5, 0.6) is 0 Å². The highest BCUT2D eigenvalue weighted by Gasteiger charge is 2.33. The van der Waals surface area contributed by atoms with Crippen LogP contribution in [-0.4, -0.2) is 56.6 Å². The molecule has 1 heterocycles. The summed E-state index contributed by atoms with van der Waals surface area (Å²) in [5, 5.41) is 10.5. The molecule has 4 nitrogen and oxygen atoms in total. The van der Waals surface area contributed by atoms with Crippen LogP contribution in [0.1, 0.15) is 45.6 Å². The zero-order valence-corrected chi connectivity index (χ0v) is 17.5. The van der Waals surface area contributed by atoms with Crippen molar-refractivity contribution in [1.29, 1.82) is 0 Å². The summed E-state index contributed by atoms with van der Waals surface area (Å²) in [7, 11) is 0. The average Bonchev–Trinajstić information content (AvgIpc) is 2.61. The van der Waals surface area contributed by atoms with Crippen molar-refractivity contribution in [2.45, 2.75) is 58.8 Å². The Hall–Kier alpha value is -0.940. The molecule has 2 aliphatic rings. The molecule has 3 N–H and O–H groups in total. The molecule has 4 heteroatoms. The van der Waals surface area contributed by atoms with Crippen LogP contribution >= 0.6 is 0 Å². The molecule has 0 spiro atoms. The minimum Gasteiger partial charge on any atom is -0.385 e. The van der Waals surface area contributed by atoms with Gasteiger partial charge in [0.1, 0.15) is 45.4 Å². The van der Waals surface area contributed by atoms with E-state index in [0.717, 1.165) is 44.9 Å². The Morgan fingerprint density at radius 2 is 1.74 bits per heavy atom. The fourth-order valence-electron chi connectivity index (χ4n) is 5.25. The second-order valence-electron chi connectivity index (χ2n) is 9.89. The van der Waals surface area contributed by atoms with Crippen molar-refractivity contribution in [2.24, 2.45) is 11.3 Å². The molecule has 27 heavy (non-hydrogen) atoms. The zero-order chi connectivity index (χ0) is 19.3. The summed E-state index contributed by atoms with van der Waals surface area (Å²) in [6, 6.07) is 10.8. The standard InChI is InChI=1S/C23H38N2O2/c1-19-13-22(15-23(2,3)14-19)27-18-21(26)17-25-11-9-24(10-12-25)16-20-7-5-4-6-8-20/h4-8,19,21-22,26H,9-18H2,1-3H3/p+2/t19-,21+,22-/m0/s1. The molecule has 0 amide bonds. The third kappa shape index (κ3) is 6.86. The van der Waals surface area contributed by atoms with Gasteiger partial charge in [-0.2, -0.15) is 0 Å². The van der Waals surface area contributed by atoms with E-state index in [2.05, 4.69) is 51.1 Å². The van der Waals surface area contributed by atoms with E-state index in [0.29, 0.717) is 18.1 Å². The van der Waals surface area contributed by atoms with Gasteiger partial charge in [0.15, 0.2) is 0 Å². The number of hydrogen-bond acceptors (Lipinski definition) is 2. The Labute approximate surface area is 165 Å². The number of benzene rings is 1. The lowest BCUT2D eigenvalue weighted by Gasteiger charge is -2.39. The second-order valence-corrected chi connectivity index (χ2v) is 9.89. The van der Waals surface area contributed by atoms with Crippen LogP contribution in [0.2, 0.25) is 0 Å². The van der Waals surface area contributed by atoms with Gasteiger partial charge >= 0.3 is 0 Å². The Morgan fingerprint density at radius 1 is 1.07 bits per heavy atom. The van der Waals surface area contributed by atoms with Gasteiger partial charge in [-0.15, -0.1) is 0 Å². The van der Waals surface area contributed by atoms with E-state index < -0.39 is 0 Å². The number of rotatable bonds is 7. The van der Waals surface area contributed by atoms with Gasteiger partial charge in [0.05, 0.1) is 12.7 Å². The molecule has 0 bridgehead atoms. The topological polar surface area (TPSA) is 38.3 Å². The zero-order valence-electron chi connectivity index (χ0n) is 17.5. The molecule has 1 aliphatic carbocycles. The summed E-state index contributed by atoms with van der Waals surface area (Å²) in [5.41, 5.74) is 1.80. The third-order valence-corrected chi connectivity index (χ3v) is 6.36. The molecule has 0 unspecified atom stereocenters. The van der Waals surface area contributed by atoms with Gasteiger partial charge in [0.25, 0.3) is 0 Å². The highest BCUT2D eigenvalue weighted by Crippen LogP contribution is 2.39.